The molecule has 3 N–H and O–H groups in total. The number of hydrogen-bond acceptors (Lipinski definition) is 8. The summed E-state index contributed by atoms with van der Waals surface area (Å²) in [5.41, 5.74) is 2.00. The quantitative estimate of drug-likeness (QED) is 0.403. The number of carbonyl (C=O) groups excluding carboxylic acids is 2. The number of phenols is 1. The zero-order valence-electron chi connectivity index (χ0n) is 16.3. The van der Waals surface area contributed by atoms with Crippen LogP contribution in [-0.2, 0) is 0 Å². The fourth-order valence-corrected chi connectivity index (χ4v) is 2.95. The predicted molar refractivity (Wildman–Crippen MR) is 110 cm³/mol. The van der Waals surface area contributed by atoms with Crippen molar-refractivity contribution in [3.8, 4) is 5.75 Å². The van der Waals surface area contributed by atoms with E-state index in [4.69, 9.17) is 0 Å². The van der Waals surface area contributed by atoms with Crippen molar-refractivity contribution in [3.63, 3.8) is 0 Å². The summed E-state index contributed by atoms with van der Waals surface area (Å²) in [6.45, 7) is 1.71. The number of Topliss-reactive ketones (excluding diaryl/α,β-unsaturated/α-hetero) is 1. The number of ketones is 1. The molecule has 30 heavy (non-hydrogen) atoms. The van der Waals surface area contributed by atoms with Crippen molar-refractivity contribution in [1.82, 2.24) is 19.9 Å². The number of amides is 1. The number of phenolic OH excluding ortho intramolecular Hbond substituents is 1. The summed E-state index contributed by atoms with van der Waals surface area (Å²) in [6.07, 6.45) is 8.49. The molecule has 1 aliphatic carbocycles. The van der Waals surface area contributed by atoms with E-state index in [0.29, 0.717) is 17.3 Å². The number of aromatic nitrogens is 4. The second-order valence-electron chi connectivity index (χ2n) is 6.98. The summed E-state index contributed by atoms with van der Waals surface area (Å²) in [4.78, 5) is 41.8. The van der Waals surface area contributed by atoms with E-state index in [9.17, 15) is 14.7 Å². The van der Waals surface area contributed by atoms with Crippen molar-refractivity contribution in [2.75, 3.05) is 10.6 Å². The van der Waals surface area contributed by atoms with Crippen LogP contribution < -0.4 is 10.6 Å². The van der Waals surface area contributed by atoms with Gasteiger partial charge in [0.05, 0.1) is 35.5 Å². The average Bonchev–Trinajstić information content (AvgIpc) is 3.61. The van der Waals surface area contributed by atoms with Crippen molar-refractivity contribution >= 4 is 28.9 Å². The number of nitrogens with one attached hydrogen (secondary N) is 2. The Morgan fingerprint density at radius 1 is 1.13 bits per heavy atom. The van der Waals surface area contributed by atoms with Crippen LogP contribution in [0.4, 0.5) is 17.2 Å². The highest BCUT2D eigenvalue weighted by Gasteiger charge is 2.28. The van der Waals surface area contributed by atoms with E-state index in [-0.39, 0.29) is 35.0 Å². The summed E-state index contributed by atoms with van der Waals surface area (Å²) in [6, 6.07) is 4.36. The minimum atomic E-state index is -0.482. The molecular formula is C21H20N6O3. The van der Waals surface area contributed by atoms with Gasteiger partial charge in [0.25, 0.3) is 5.91 Å². The van der Waals surface area contributed by atoms with Crippen LogP contribution in [0.2, 0.25) is 0 Å². The first-order valence-electron chi connectivity index (χ1n) is 9.61. The van der Waals surface area contributed by atoms with Gasteiger partial charge >= 0.3 is 0 Å². The maximum absolute atomic E-state index is 13.0. The summed E-state index contributed by atoms with van der Waals surface area (Å²) in [7, 11) is 0. The zero-order chi connectivity index (χ0) is 21.1. The SMILES string of the molecule is CCC(=O)c1cc(NC(=O)c2nc(C3CC3)cnc2Nc2cncnc2)ccc1O. The van der Waals surface area contributed by atoms with E-state index in [1.165, 1.54) is 24.5 Å². The number of hydrogen-bond donors (Lipinski definition) is 3. The van der Waals surface area contributed by atoms with Gasteiger partial charge in [0.15, 0.2) is 17.3 Å². The average molecular weight is 404 g/mol. The lowest BCUT2D eigenvalue weighted by Gasteiger charge is -2.12. The summed E-state index contributed by atoms with van der Waals surface area (Å²) in [5, 5.41) is 15.7. The molecule has 0 unspecified atom stereocenters. The van der Waals surface area contributed by atoms with E-state index in [0.717, 1.165) is 18.5 Å². The van der Waals surface area contributed by atoms with Gasteiger partial charge in [-0.15, -0.1) is 0 Å². The van der Waals surface area contributed by atoms with Crippen molar-refractivity contribution in [3.05, 3.63) is 60.1 Å². The largest absolute Gasteiger partial charge is 0.507 e. The van der Waals surface area contributed by atoms with Crippen molar-refractivity contribution < 1.29 is 14.7 Å². The summed E-state index contributed by atoms with van der Waals surface area (Å²) < 4.78 is 0. The van der Waals surface area contributed by atoms with Crippen LogP contribution >= 0.6 is 0 Å². The fourth-order valence-electron chi connectivity index (χ4n) is 2.95. The first-order chi connectivity index (χ1) is 14.5. The second kappa shape index (κ2) is 8.24. The van der Waals surface area contributed by atoms with Gasteiger partial charge in [0.1, 0.15) is 12.1 Å². The monoisotopic (exact) mass is 404 g/mol. The Bertz CT molecular complexity index is 1100. The van der Waals surface area contributed by atoms with E-state index in [1.807, 2.05) is 0 Å². The Hall–Kier alpha value is -3.88. The van der Waals surface area contributed by atoms with Crippen LogP contribution in [0, 0.1) is 0 Å². The van der Waals surface area contributed by atoms with Gasteiger partial charge in [0.2, 0.25) is 0 Å². The van der Waals surface area contributed by atoms with Gasteiger partial charge < -0.3 is 15.7 Å². The molecule has 1 fully saturated rings. The lowest BCUT2D eigenvalue weighted by molar-refractivity contribution is 0.0982. The van der Waals surface area contributed by atoms with Crippen molar-refractivity contribution in [2.45, 2.75) is 32.1 Å². The van der Waals surface area contributed by atoms with Crippen LogP contribution in [0.15, 0.2) is 43.1 Å². The van der Waals surface area contributed by atoms with Gasteiger partial charge in [-0.05, 0) is 31.0 Å². The van der Waals surface area contributed by atoms with Crippen LogP contribution in [-0.4, -0.2) is 36.7 Å². The third-order valence-electron chi connectivity index (χ3n) is 4.70. The fraction of sp³-hybridized carbons (Fsp3) is 0.238. The number of rotatable bonds is 7. The molecule has 0 aliphatic heterocycles. The Balaban J connectivity index is 1.64. The lowest BCUT2D eigenvalue weighted by Crippen LogP contribution is -2.18. The molecule has 1 aromatic carbocycles. The maximum Gasteiger partial charge on any atom is 0.278 e. The van der Waals surface area contributed by atoms with Crippen LogP contribution in [0.25, 0.3) is 0 Å². The van der Waals surface area contributed by atoms with Gasteiger partial charge in [-0.25, -0.2) is 19.9 Å². The Morgan fingerprint density at radius 3 is 2.60 bits per heavy atom. The molecule has 2 aromatic heterocycles. The molecule has 0 atom stereocenters. The molecule has 1 aliphatic rings. The van der Waals surface area contributed by atoms with Crippen molar-refractivity contribution in [2.24, 2.45) is 0 Å². The molecule has 0 bridgehead atoms. The molecule has 1 saturated carbocycles. The van der Waals surface area contributed by atoms with Crippen LogP contribution in [0.5, 0.6) is 5.75 Å². The minimum Gasteiger partial charge on any atom is -0.507 e. The van der Waals surface area contributed by atoms with Gasteiger partial charge in [-0.2, -0.15) is 0 Å². The first-order valence-corrected chi connectivity index (χ1v) is 9.61. The molecule has 0 spiro atoms. The third kappa shape index (κ3) is 4.24. The number of anilines is 3. The lowest BCUT2D eigenvalue weighted by atomic mass is 10.1. The number of aromatic hydroxyl groups is 1. The first kappa shape index (κ1) is 19.4. The summed E-state index contributed by atoms with van der Waals surface area (Å²) >= 11 is 0. The van der Waals surface area contributed by atoms with E-state index < -0.39 is 5.91 Å². The smallest absolute Gasteiger partial charge is 0.278 e. The normalized spacial score (nSPS) is 13.0. The molecule has 9 nitrogen and oxygen atoms in total. The molecule has 0 radical (unpaired) electrons. The zero-order valence-corrected chi connectivity index (χ0v) is 16.3. The molecule has 0 saturated heterocycles. The standard InChI is InChI=1S/C21H20N6O3/c1-2-17(28)15-7-13(5-6-18(15)29)26-21(30)19-20(25-14-8-22-11-23-9-14)24-10-16(27-19)12-3-4-12/h5-12,29H,2-4H2,1H3,(H,24,25)(H,26,30). The van der Waals surface area contributed by atoms with E-state index in [1.54, 1.807) is 25.5 Å². The molecule has 4 rings (SSSR count). The molecular weight excluding hydrogens is 384 g/mol. The Morgan fingerprint density at radius 2 is 1.90 bits per heavy atom. The molecule has 152 valence electrons. The summed E-state index contributed by atoms with van der Waals surface area (Å²) in [5.74, 6) is -0.228. The Labute approximate surface area is 172 Å². The Kier molecular flexibility index (Phi) is 5.34. The topological polar surface area (TPSA) is 130 Å². The maximum atomic E-state index is 13.0. The van der Waals surface area contributed by atoms with Gasteiger partial charge in [0, 0.05) is 18.0 Å². The minimum absolute atomic E-state index is 0.123. The highest BCUT2D eigenvalue weighted by molar-refractivity contribution is 6.07. The van der Waals surface area contributed by atoms with Gasteiger partial charge in [-0.3, -0.25) is 9.59 Å². The number of benzene rings is 1. The highest BCUT2D eigenvalue weighted by Crippen LogP contribution is 2.39. The number of nitrogens with zero attached hydrogens (tertiary/aromatic N) is 4. The number of carbonyl (C=O) groups is 2. The van der Waals surface area contributed by atoms with Crippen LogP contribution in [0.3, 0.4) is 0 Å². The van der Waals surface area contributed by atoms with Gasteiger partial charge in [-0.1, -0.05) is 6.92 Å². The second-order valence-corrected chi connectivity index (χ2v) is 6.98. The molecule has 2 heterocycles. The molecule has 3 aromatic rings. The van der Waals surface area contributed by atoms with Crippen molar-refractivity contribution in [1.29, 1.82) is 0 Å². The van der Waals surface area contributed by atoms with E-state index >= 15 is 0 Å². The highest BCUT2D eigenvalue weighted by atomic mass is 16.3. The molecule has 1 amide bonds. The predicted octanol–water partition coefficient (Wildman–Crippen LogP) is 3.44. The van der Waals surface area contributed by atoms with E-state index in [2.05, 4.69) is 30.6 Å². The van der Waals surface area contributed by atoms with Crippen LogP contribution in [0.1, 0.15) is 58.6 Å². The third-order valence-corrected chi connectivity index (χ3v) is 4.70. The molecule has 9 heteroatoms.